The van der Waals surface area contributed by atoms with E-state index in [1.165, 1.54) is 0 Å². The molecule has 40 heavy (non-hydrogen) atoms. The zero-order valence-corrected chi connectivity index (χ0v) is 23.3. The van der Waals surface area contributed by atoms with E-state index >= 15 is 0 Å². The molecule has 2 aromatic carbocycles. The molecular formula is C30H39N5O5. The van der Waals surface area contributed by atoms with Crippen molar-refractivity contribution in [1.82, 2.24) is 20.0 Å². The summed E-state index contributed by atoms with van der Waals surface area (Å²) in [6.07, 6.45) is 0.843. The summed E-state index contributed by atoms with van der Waals surface area (Å²) in [6.45, 7) is 7.69. The number of carbonyl (C=O) groups is 3. The van der Waals surface area contributed by atoms with Gasteiger partial charge >= 0.3 is 12.1 Å². The summed E-state index contributed by atoms with van der Waals surface area (Å²) in [5.74, 6) is 0.0319. The molecule has 1 atom stereocenters. The third-order valence-corrected chi connectivity index (χ3v) is 8.22. The number of anilines is 1. The molecule has 2 fully saturated rings. The molecule has 2 aromatic rings. The maximum absolute atomic E-state index is 13.5. The normalized spacial score (nSPS) is 18.9. The molecule has 10 nitrogen and oxygen atoms in total. The summed E-state index contributed by atoms with van der Waals surface area (Å²) in [5.41, 5.74) is 4.25. The van der Waals surface area contributed by atoms with Crippen LogP contribution in [-0.2, 0) is 22.4 Å². The van der Waals surface area contributed by atoms with Gasteiger partial charge in [0.25, 0.3) is 5.91 Å². The van der Waals surface area contributed by atoms with Gasteiger partial charge in [-0.2, -0.15) is 0 Å². The molecular weight excluding hydrogens is 510 g/mol. The first kappa shape index (κ1) is 27.8. The van der Waals surface area contributed by atoms with Crippen molar-refractivity contribution in [2.75, 3.05) is 51.1 Å². The molecule has 0 spiro atoms. The highest BCUT2D eigenvalue weighted by Gasteiger charge is 2.35. The van der Waals surface area contributed by atoms with Gasteiger partial charge in [-0.25, -0.2) is 9.59 Å². The minimum Gasteiger partial charge on any atom is -0.507 e. The summed E-state index contributed by atoms with van der Waals surface area (Å²) in [5, 5.41) is 16.5. The molecule has 2 saturated heterocycles. The first-order chi connectivity index (χ1) is 19.3. The zero-order valence-electron chi connectivity index (χ0n) is 23.3. The number of amides is 4. The van der Waals surface area contributed by atoms with E-state index in [-0.39, 0.29) is 30.2 Å². The summed E-state index contributed by atoms with van der Waals surface area (Å²) >= 11 is 0. The van der Waals surface area contributed by atoms with Crippen LogP contribution in [0.5, 0.6) is 5.75 Å². The Hall–Kier alpha value is -3.79. The highest BCUT2D eigenvalue weighted by Crippen LogP contribution is 2.26. The maximum Gasteiger partial charge on any atom is 0.410 e. The molecule has 0 aromatic heterocycles. The van der Waals surface area contributed by atoms with E-state index in [1.54, 1.807) is 9.80 Å². The molecule has 5 rings (SSSR count). The van der Waals surface area contributed by atoms with Crippen LogP contribution >= 0.6 is 0 Å². The Morgan fingerprint density at radius 2 is 1.68 bits per heavy atom. The van der Waals surface area contributed by atoms with Crippen LogP contribution < -0.4 is 10.6 Å². The minimum atomic E-state index is -0.957. The van der Waals surface area contributed by atoms with Gasteiger partial charge in [0.15, 0.2) is 6.10 Å². The number of hydrogen-bond acceptors (Lipinski definition) is 6. The van der Waals surface area contributed by atoms with E-state index in [0.717, 1.165) is 34.4 Å². The average Bonchev–Trinajstić information content (AvgIpc) is 3.13. The Morgan fingerprint density at radius 3 is 2.38 bits per heavy atom. The van der Waals surface area contributed by atoms with Crippen molar-refractivity contribution in [3.63, 3.8) is 0 Å². The fourth-order valence-electron chi connectivity index (χ4n) is 5.94. The average molecular weight is 550 g/mol. The Labute approximate surface area is 235 Å². The second-order valence-corrected chi connectivity index (χ2v) is 11.0. The fraction of sp³-hybridized carbons (Fsp3) is 0.500. The van der Waals surface area contributed by atoms with Crippen molar-refractivity contribution in [2.24, 2.45) is 0 Å². The van der Waals surface area contributed by atoms with E-state index in [4.69, 9.17) is 4.74 Å². The second-order valence-electron chi connectivity index (χ2n) is 11.0. The zero-order chi connectivity index (χ0) is 28.2. The molecule has 1 unspecified atom stereocenters. The van der Waals surface area contributed by atoms with Crippen LogP contribution in [0.4, 0.5) is 15.3 Å². The van der Waals surface area contributed by atoms with Gasteiger partial charge in [-0.1, -0.05) is 30.3 Å². The monoisotopic (exact) mass is 549 g/mol. The molecule has 0 bridgehead atoms. The summed E-state index contributed by atoms with van der Waals surface area (Å²) in [7, 11) is 0. The highest BCUT2D eigenvalue weighted by atomic mass is 16.6. The lowest BCUT2D eigenvalue weighted by Crippen LogP contribution is -2.53. The number of fused-ring (bicyclic) bond motifs is 1. The summed E-state index contributed by atoms with van der Waals surface area (Å²) in [4.78, 5) is 45.0. The molecule has 0 aliphatic carbocycles. The lowest BCUT2D eigenvalue weighted by Gasteiger charge is -2.38. The molecule has 3 N–H and O–H groups in total. The highest BCUT2D eigenvalue weighted by molar-refractivity contribution is 5.91. The number of hydrogen-bond donors (Lipinski definition) is 3. The van der Waals surface area contributed by atoms with Crippen molar-refractivity contribution in [3.05, 3.63) is 58.7 Å². The second kappa shape index (κ2) is 12.2. The number of nitrogens with zero attached hydrogens (tertiary/aromatic N) is 3. The van der Waals surface area contributed by atoms with E-state index < -0.39 is 12.2 Å². The number of aryl methyl sites for hydroxylation is 2. The van der Waals surface area contributed by atoms with Crippen molar-refractivity contribution in [2.45, 2.75) is 51.7 Å². The third-order valence-electron chi connectivity index (χ3n) is 8.22. The molecule has 3 heterocycles. The summed E-state index contributed by atoms with van der Waals surface area (Å²) < 4.78 is 5.90. The fourth-order valence-corrected chi connectivity index (χ4v) is 5.94. The Balaban J connectivity index is 1.22. The maximum atomic E-state index is 13.5. The van der Waals surface area contributed by atoms with Gasteiger partial charge < -0.3 is 35.2 Å². The topological polar surface area (TPSA) is 114 Å². The largest absolute Gasteiger partial charge is 0.507 e. The van der Waals surface area contributed by atoms with Gasteiger partial charge in [0.2, 0.25) is 0 Å². The molecule has 3 aliphatic heterocycles. The number of piperidine rings is 1. The number of phenolic OH excluding ortho intramolecular Hbond substituents is 1. The lowest BCUT2D eigenvalue weighted by atomic mass is 10.0. The van der Waals surface area contributed by atoms with Crippen LogP contribution in [0.2, 0.25) is 0 Å². The summed E-state index contributed by atoms with van der Waals surface area (Å²) in [6, 6.07) is 11.5. The van der Waals surface area contributed by atoms with Crippen LogP contribution in [0, 0.1) is 13.8 Å². The van der Waals surface area contributed by atoms with Gasteiger partial charge in [0, 0.05) is 64.0 Å². The van der Waals surface area contributed by atoms with E-state index in [9.17, 15) is 19.5 Å². The number of piperazine rings is 1. The molecule has 0 radical (unpaired) electrons. The minimum absolute atomic E-state index is 0.0274. The molecule has 214 valence electrons. The van der Waals surface area contributed by atoms with Crippen LogP contribution in [0.1, 0.15) is 35.1 Å². The number of nitrogens with one attached hydrogen (secondary N) is 2. The van der Waals surface area contributed by atoms with Gasteiger partial charge in [-0.05, 0) is 61.4 Å². The van der Waals surface area contributed by atoms with E-state index in [2.05, 4.69) is 10.6 Å². The standard InChI is InChI=1S/C30H39N5O5/c1-20-17-22(18-21(2)27(20)36)19-26(28(37)33-15-10-31-11-16-33)40-30(39)34-12-8-24(9-13-34)35-14-7-23-5-3-4-6-25(23)32-29(35)38/h3-6,17-18,24,26,31,36H,7-16,19H2,1-2H3,(H,32,38). The van der Waals surface area contributed by atoms with E-state index in [1.807, 2.05) is 55.1 Å². The molecule has 0 saturated carbocycles. The number of carbonyl (C=O) groups excluding carboxylic acids is 3. The Kier molecular flexibility index (Phi) is 8.44. The van der Waals surface area contributed by atoms with Crippen LogP contribution in [0.25, 0.3) is 0 Å². The number of aromatic hydroxyl groups is 1. The van der Waals surface area contributed by atoms with Gasteiger partial charge in [-0.3, -0.25) is 4.79 Å². The Bertz CT molecular complexity index is 1230. The Morgan fingerprint density at radius 1 is 1.00 bits per heavy atom. The van der Waals surface area contributed by atoms with E-state index in [0.29, 0.717) is 58.7 Å². The molecule has 3 aliphatic rings. The lowest BCUT2D eigenvalue weighted by molar-refractivity contribution is -0.141. The van der Waals surface area contributed by atoms with Crippen LogP contribution in [0.3, 0.4) is 0 Å². The quantitative estimate of drug-likeness (QED) is 0.528. The number of para-hydroxylation sites is 1. The van der Waals surface area contributed by atoms with Gasteiger partial charge in [0.1, 0.15) is 5.75 Å². The number of ether oxygens (including phenoxy) is 1. The molecule has 4 amide bonds. The SMILES string of the molecule is Cc1cc(CC(OC(=O)N2CCC(N3CCc4ccccc4NC3=O)CC2)C(=O)N2CCNCC2)cc(C)c1O. The van der Waals surface area contributed by atoms with Crippen LogP contribution in [0.15, 0.2) is 36.4 Å². The van der Waals surface area contributed by atoms with Gasteiger partial charge in [-0.15, -0.1) is 0 Å². The van der Waals surface area contributed by atoms with Crippen molar-refractivity contribution >= 4 is 23.7 Å². The van der Waals surface area contributed by atoms with Gasteiger partial charge in [0.05, 0.1) is 0 Å². The smallest absolute Gasteiger partial charge is 0.410 e. The van der Waals surface area contributed by atoms with Crippen molar-refractivity contribution in [3.8, 4) is 5.75 Å². The van der Waals surface area contributed by atoms with Crippen molar-refractivity contribution in [1.29, 1.82) is 0 Å². The number of urea groups is 1. The number of phenols is 1. The number of rotatable bonds is 5. The third kappa shape index (κ3) is 6.17. The first-order valence-electron chi connectivity index (χ1n) is 14.2. The van der Waals surface area contributed by atoms with Crippen LogP contribution in [-0.4, -0.2) is 95.8 Å². The number of likely N-dealkylation sites (tertiary alicyclic amines) is 1. The first-order valence-corrected chi connectivity index (χ1v) is 14.2. The van der Waals surface area contributed by atoms with Crippen molar-refractivity contribution < 1.29 is 24.2 Å². The predicted molar refractivity (Wildman–Crippen MR) is 151 cm³/mol. The predicted octanol–water partition coefficient (Wildman–Crippen LogP) is 3.04. The number of benzene rings is 2. The molecule has 10 heteroatoms.